The zero-order chi connectivity index (χ0) is 23.4. The molecule has 0 atom stereocenters. The number of aryl methyl sites for hydroxylation is 1. The third-order valence-electron chi connectivity index (χ3n) is 5.21. The molecule has 0 radical (unpaired) electrons. The topological polar surface area (TPSA) is 71.1 Å². The monoisotopic (exact) mass is 483 g/mol. The van der Waals surface area contributed by atoms with E-state index in [0.717, 1.165) is 11.1 Å². The molecule has 0 bridgehead atoms. The molecule has 0 aromatic heterocycles. The van der Waals surface area contributed by atoms with Crippen LogP contribution < -0.4 is 14.8 Å². The van der Waals surface area contributed by atoms with Crippen molar-refractivity contribution in [2.24, 2.45) is 0 Å². The summed E-state index contributed by atoms with van der Waals surface area (Å²) in [6.07, 6.45) is 1.79. The van der Waals surface area contributed by atoms with Crippen LogP contribution in [0.4, 0.5) is 0 Å². The van der Waals surface area contributed by atoms with Gasteiger partial charge < -0.3 is 14.8 Å². The van der Waals surface area contributed by atoms with Crippen LogP contribution in [-0.2, 0) is 16.1 Å². The van der Waals surface area contributed by atoms with Crippen molar-refractivity contribution in [2.75, 3.05) is 33.5 Å². The molecule has 2 aromatic rings. The van der Waals surface area contributed by atoms with Gasteiger partial charge in [-0.05, 0) is 43.3 Å². The molecule has 172 valence electrons. The lowest BCUT2D eigenvalue weighted by Crippen LogP contribution is -2.40. The molecule has 0 spiro atoms. The molecule has 0 aliphatic carbocycles. The molecule has 4 rings (SSSR count). The van der Waals surface area contributed by atoms with E-state index in [0.29, 0.717) is 40.4 Å². The van der Waals surface area contributed by atoms with Gasteiger partial charge in [0, 0.05) is 19.6 Å². The lowest BCUT2D eigenvalue weighted by molar-refractivity contribution is -0.124. The van der Waals surface area contributed by atoms with E-state index < -0.39 is 0 Å². The fraction of sp³-hybridized carbons (Fsp3) is 0.292. The summed E-state index contributed by atoms with van der Waals surface area (Å²) in [4.78, 5) is 29.1. The van der Waals surface area contributed by atoms with Gasteiger partial charge in [0.05, 0.1) is 11.4 Å². The molecule has 2 amide bonds. The fourth-order valence-corrected chi connectivity index (χ4v) is 4.82. The Hall–Kier alpha value is -2.88. The second-order valence-electron chi connectivity index (χ2n) is 7.95. The molecule has 1 N–H and O–H groups in total. The van der Waals surface area contributed by atoms with E-state index in [1.54, 1.807) is 6.08 Å². The SMILES string of the molecule is Cc1ccc(CN(C)CC(=O)NCCN2C(=O)/C(=C/c3ccc4c(c3)OCO4)SC2=S)cc1. The zero-order valence-corrected chi connectivity index (χ0v) is 20.1. The van der Waals surface area contributed by atoms with E-state index in [4.69, 9.17) is 21.7 Å². The first-order valence-corrected chi connectivity index (χ1v) is 11.8. The molecule has 2 heterocycles. The summed E-state index contributed by atoms with van der Waals surface area (Å²) in [7, 11) is 1.91. The summed E-state index contributed by atoms with van der Waals surface area (Å²) >= 11 is 6.64. The molecule has 2 aliphatic rings. The van der Waals surface area contributed by atoms with Gasteiger partial charge in [0.15, 0.2) is 11.5 Å². The summed E-state index contributed by atoms with van der Waals surface area (Å²) in [6.45, 7) is 3.88. The number of hydrogen-bond acceptors (Lipinski definition) is 7. The van der Waals surface area contributed by atoms with Gasteiger partial charge in [-0.1, -0.05) is 59.9 Å². The minimum atomic E-state index is -0.159. The van der Waals surface area contributed by atoms with E-state index >= 15 is 0 Å². The van der Waals surface area contributed by atoms with Gasteiger partial charge in [-0.15, -0.1) is 0 Å². The fourth-order valence-electron chi connectivity index (χ4n) is 3.52. The Labute approximate surface area is 202 Å². The predicted octanol–water partition coefficient (Wildman–Crippen LogP) is 3.17. The number of amides is 2. The number of ether oxygens (including phenoxy) is 2. The number of carbonyl (C=O) groups is 2. The number of thioether (sulfide) groups is 1. The second-order valence-corrected chi connectivity index (χ2v) is 9.63. The average Bonchev–Trinajstić information content (AvgIpc) is 3.34. The number of rotatable bonds is 8. The number of thiocarbonyl (C=S) groups is 1. The van der Waals surface area contributed by atoms with Crippen LogP contribution in [0.2, 0.25) is 0 Å². The van der Waals surface area contributed by atoms with Crippen LogP contribution in [0.3, 0.4) is 0 Å². The Morgan fingerprint density at radius 1 is 1.21 bits per heavy atom. The van der Waals surface area contributed by atoms with Crippen LogP contribution >= 0.6 is 24.0 Å². The molecular formula is C24H25N3O4S2. The first kappa shape index (κ1) is 23.3. The van der Waals surface area contributed by atoms with Gasteiger partial charge >= 0.3 is 0 Å². The Balaban J connectivity index is 1.25. The molecule has 2 aromatic carbocycles. The highest BCUT2D eigenvalue weighted by Gasteiger charge is 2.31. The number of fused-ring (bicyclic) bond motifs is 1. The second kappa shape index (κ2) is 10.4. The van der Waals surface area contributed by atoms with Gasteiger partial charge in [-0.3, -0.25) is 19.4 Å². The van der Waals surface area contributed by atoms with E-state index in [2.05, 4.69) is 29.6 Å². The lowest BCUT2D eigenvalue weighted by atomic mass is 10.1. The number of likely N-dealkylation sites (N-methyl/N-ethyl adjacent to an activating group) is 1. The van der Waals surface area contributed by atoms with Gasteiger partial charge in [0.1, 0.15) is 4.32 Å². The number of benzene rings is 2. The van der Waals surface area contributed by atoms with E-state index in [1.807, 2.05) is 37.1 Å². The van der Waals surface area contributed by atoms with Crippen molar-refractivity contribution in [3.05, 3.63) is 64.1 Å². The predicted molar refractivity (Wildman–Crippen MR) is 133 cm³/mol. The molecular weight excluding hydrogens is 458 g/mol. The molecule has 2 aliphatic heterocycles. The standard InChI is InChI=1S/C24H25N3O4S2/c1-16-3-5-17(6-4-16)13-26(2)14-22(28)25-9-10-27-23(29)21(33-24(27)32)12-18-7-8-19-20(11-18)31-15-30-19/h3-8,11-12H,9-10,13-15H2,1-2H3,(H,25,28)/b21-12-. The van der Waals surface area contributed by atoms with Crippen LogP contribution in [-0.4, -0.2) is 59.4 Å². The third kappa shape index (κ3) is 5.93. The zero-order valence-electron chi connectivity index (χ0n) is 18.5. The average molecular weight is 484 g/mol. The molecule has 33 heavy (non-hydrogen) atoms. The number of nitrogens with one attached hydrogen (secondary N) is 1. The highest BCUT2D eigenvalue weighted by atomic mass is 32.2. The van der Waals surface area contributed by atoms with Crippen molar-refractivity contribution in [1.82, 2.24) is 15.1 Å². The smallest absolute Gasteiger partial charge is 0.266 e. The molecule has 1 fully saturated rings. The Kier molecular flexibility index (Phi) is 7.32. The minimum Gasteiger partial charge on any atom is -0.454 e. The highest BCUT2D eigenvalue weighted by molar-refractivity contribution is 8.26. The molecule has 7 nitrogen and oxygen atoms in total. The number of nitrogens with zero attached hydrogens (tertiary/aromatic N) is 2. The van der Waals surface area contributed by atoms with Crippen molar-refractivity contribution < 1.29 is 19.1 Å². The van der Waals surface area contributed by atoms with Crippen molar-refractivity contribution in [3.63, 3.8) is 0 Å². The summed E-state index contributed by atoms with van der Waals surface area (Å²) < 4.78 is 11.2. The number of hydrogen-bond donors (Lipinski definition) is 1. The van der Waals surface area contributed by atoms with Crippen LogP contribution in [0.5, 0.6) is 11.5 Å². The largest absolute Gasteiger partial charge is 0.454 e. The van der Waals surface area contributed by atoms with Gasteiger partial charge in [-0.25, -0.2) is 0 Å². The van der Waals surface area contributed by atoms with Crippen LogP contribution in [0, 0.1) is 6.92 Å². The minimum absolute atomic E-state index is 0.0917. The summed E-state index contributed by atoms with van der Waals surface area (Å²) in [5.74, 6) is 1.11. The quantitative estimate of drug-likeness (QED) is 0.457. The summed E-state index contributed by atoms with van der Waals surface area (Å²) in [6, 6.07) is 13.8. The molecule has 0 saturated carbocycles. The maximum absolute atomic E-state index is 12.8. The van der Waals surface area contributed by atoms with Crippen molar-refractivity contribution in [1.29, 1.82) is 0 Å². The van der Waals surface area contributed by atoms with Gasteiger partial charge in [0.25, 0.3) is 5.91 Å². The van der Waals surface area contributed by atoms with Crippen LogP contribution in [0.1, 0.15) is 16.7 Å². The Bertz CT molecular complexity index is 1100. The number of carbonyl (C=O) groups excluding carboxylic acids is 2. The maximum Gasteiger partial charge on any atom is 0.266 e. The van der Waals surface area contributed by atoms with E-state index in [-0.39, 0.29) is 25.2 Å². The van der Waals surface area contributed by atoms with E-state index in [9.17, 15) is 9.59 Å². The molecule has 0 unspecified atom stereocenters. The maximum atomic E-state index is 12.8. The highest BCUT2D eigenvalue weighted by Crippen LogP contribution is 2.36. The summed E-state index contributed by atoms with van der Waals surface area (Å²) in [5.41, 5.74) is 3.20. The summed E-state index contributed by atoms with van der Waals surface area (Å²) in [5, 5.41) is 2.88. The molecule has 1 saturated heterocycles. The van der Waals surface area contributed by atoms with Gasteiger partial charge in [0.2, 0.25) is 12.7 Å². The van der Waals surface area contributed by atoms with Crippen LogP contribution in [0.25, 0.3) is 6.08 Å². The van der Waals surface area contributed by atoms with Crippen molar-refractivity contribution in [3.8, 4) is 11.5 Å². The van der Waals surface area contributed by atoms with Crippen LogP contribution in [0.15, 0.2) is 47.4 Å². The lowest BCUT2D eigenvalue weighted by Gasteiger charge is -2.18. The Morgan fingerprint density at radius 2 is 1.97 bits per heavy atom. The van der Waals surface area contributed by atoms with E-state index in [1.165, 1.54) is 22.2 Å². The van der Waals surface area contributed by atoms with Gasteiger partial charge in [-0.2, -0.15) is 0 Å². The first-order chi connectivity index (χ1) is 15.9. The molecule has 9 heteroatoms. The third-order valence-corrected chi connectivity index (χ3v) is 6.59. The first-order valence-electron chi connectivity index (χ1n) is 10.5. The van der Waals surface area contributed by atoms with Crippen molar-refractivity contribution >= 4 is 46.2 Å². The van der Waals surface area contributed by atoms with Crippen molar-refractivity contribution in [2.45, 2.75) is 13.5 Å². The Morgan fingerprint density at radius 3 is 2.76 bits per heavy atom. The normalized spacial score (nSPS) is 16.2.